The smallest absolute Gasteiger partial charge is 0.191 e. The largest absolute Gasteiger partial charge is 0.355 e. The second-order valence-corrected chi connectivity index (χ2v) is 9.04. The highest BCUT2D eigenvalue weighted by molar-refractivity contribution is 14.0. The third-order valence-electron chi connectivity index (χ3n) is 5.31. The third kappa shape index (κ3) is 5.74. The van der Waals surface area contributed by atoms with E-state index in [1.54, 1.807) is 4.88 Å². The Morgan fingerprint density at radius 3 is 3.04 bits per heavy atom. The highest BCUT2D eigenvalue weighted by atomic mass is 127. The van der Waals surface area contributed by atoms with Crippen molar-refractivity contribution in [2.75, 3.05) is 26.4 Å². The van der Waals surface area contributed by atoms with E-state index in [1.807, 2.05) is 30.1 Å². The molecule has 2 aliphatic rings. The first-order valence-corrected chi connectivity index (χ1v) is 11.2. The van der Waals surface area contributed by atoms with Gasteiger partial charge in [-0.25, -0.2) is 0 Å². The summed E-state index contributed by atoms with van der Waals surface area (Å²) in [6.07, 6.45) is 7.25. The van der Waals surface area contributed by atoms with Crippen molar-refractivity contribution in [3.05, 3.63) is 21.9 Å². The van der Waals surface area contributed by atoms with Crippen LogP contribution in [0.2, 0.25) is 0 Å². The van der Waals surface area contributed by atoms with Gasteiger partial charge in [-0.2, -0.15) is 11.8 Å². The van der Waals surface area contributed by atoms with Gasteiger partial charge in [0, 0.05) is 48.9 Å². The lowest BCUT2D eigenvalue weighted by molar-refractivity contribution is 0.192. The van der Waals surface area contributed by atoms with Crippen LogP contribution in [0.15, 0.2) is 16.4 Å². The molecule has 0 radical (unpaired) electrons. The molecule has 0 spiro atoms. The van der Waals surface area contributed by atoms with Crippen molar-refractivity contribution >= 4 is 53.0 Å². The van der Waals surface area contributed by atoms with E-state index < -0.39 is 0 Å². The van der Waals surface area contributed by atoms with Gasteiger partial charge in [-0.3, -0.25) is 9.89 Å². The number of guanidine groups is 1. The molecule has 1 fully saturated rings. The van der Waals surface area contributed by atoms with E-state index in [2.05, 4.69) is 45.2 Å². The van der Waals surface area contributed by atoms with Gasteiger partial charge in [0.05, 0.1) is 0 Å². The molecule has 1 saturated carbocycles. The summed E-state index contributed by atoms with van der Waals surface area (Å²) in [5.41, 5.74) is 1.52. The minimum atomic E-state index is 0. The van der Waals surface area contributed by atoms with E-state index in [0.29, 0.717) is 12.1 Å². The second kappa shape index (κ2) is 10.4. The summed E-state index contributed by atoms with van der Waals surface area (Å²) in [4.78, 5) is 8.57. The molecule has 0 bridgehead atoms. The number of nitrogens with zero attached hydrogens (tertiary/aromatic N) is 2. The molecule has 3 unspecified atom stereocenters. The molecule has 1 aliphatic carbocycles. The lowest BCUT2D eigenvalue weighted by Gasteiger charge is -2.33. The summed E-state index contributed by atoms with van der Waals surface area (Å²) in [5, 5.41) is 10.2. The first kappa shape index (κ1) is 21.3. The molecule has 142 valence electrons. The van der Waals surface area contributed by atoms with Crippen LogP contribution in [0.25, 0.3) is 0 Å². The van der Waals surface area contributed by atoms with Gasteiger partial charge in [-0.05, 0) is 55.9 Å². The van der Waals surface area contributed by atoms with E-state index in [0.717, 1.165) is 24.3 Å². The third-order valence-corrected chi connectivity index (χ3v) is 7.43. The van der Waals surface area contributed by atoms with E-state index >= 15 is 0 Å². The van der Waals surface area contributed by atoms with Crippen LogP contribution < -0.4 is 10.6 Å². The summed E-state index contributed by atoms with van der Waals surface area (Å²) in [7, 11) is 1.87. The summed E-state index contributed by atoms with van der Waals surface area (Å²) < 4.78 is 0. The average molecular weight is 495 g/mol. The van der Waals surface area contributed by atoms with Gasteiger partial charge >= 0.3 is 0 Å². The molecule has 2 heterocycles. The summed E-state index contributed by atoms with van der Waals surface area (Å²) in [6, 6.07) is 3.38. The van der Waals surface area contributed by atoms with Crippen molar-refractivity contribution in [3.8, 4) is 0 Å². The van der Waals surface area contributed by atoms with Crippen LogP contribution in [0, 0.1) is 0 Å². The maximum atomic E-state index is 4.42. The summed E-state index contributed by atoms with van der Waals surface area (Å²) in [6.45, 7) is 5.51. The fourth-order valence-corrected chi connectivity index (χ4v) is 5.38. The lowest BCUT2D eigenvalue weighted by atomic mass is 10.1. The number of thiophene rings is 1. The quantitative estimate of drug-likeness (QED) is 0.373. The fraction of sp³-hybridized carbons (Fsp3) is 0.722. The van der Waals surface area contributed by atoms with Crippen molar-refractivity contribution in [2.45, 2.75) is 56.5 Å². The zero-order chi connectivity index (χ0) is 16.9. The van der Waals surface area contributed by atoms with Gasteiger partial charge in [0.25, 0.3) is 0 Å². The Hall–Kier alpha value is 0.01000. The molecule has 25 heavy (non-hydrogen) atoms. The van der Waals surface area contributed by atoms with Gasteiger partial charge in [-0.1, -0.05) is 0 Å². The molecule has 1 aliphatic heterocycles. The topological polar surface area (TPSA) is 39.7 Å². The number of rotatable bonds is 5. The predicted octanol–water partition coefficient (Wildman–Crippen LogP) is 3.56. The van der Waals surface area contributed by atoms with Crippen LogP contribution >= 0.6 is 47.1 Å². The molecule has 0 saturated heterocycles. The Balaban J connectivity index is 0.00000225. The zero-order valence-corrected chi connectivity index (χ0v) is 19.4. The van der Waals surface area contributed by atoms with Crippen molar-refractivity contribution in [1.29, 1.82) is 0 Å². The zero-order valence-electron chi connectivity index (χ0n) is 15.5. The van der Waals surface area contributed by atoms with E-state index in [1.165, 1.54) is 37.8 Å². The van der Waals surface area contributed by atoms with Crippen LogP contribution in [0.3, 0.4) is 0 Å². The van der Waals surface area contributed by atoms with Crippen LogP contribution in [0.1, 0.15) is 36.6 Å². The first-order chi connectivity index (χ1) is 11.7. The number of aliphatic imine (C=N–C) groups is 1. The minimum absolute atomic E-state index is 0. The van der Waals surface area contributed by atoms with Crippen LogP contribution in [-0.2, 0) is 13.0 Å². The molecule has 1 aromatic rings. The fourth-order valence-electron chi connectivity index (χ4n) is 3.69. The Labute approximate surface area is 177 Å². The molecule has 3 rings (SSSR count). The second-order valence-electron chi connectivity index (χ2n) is 6.90. The van der Waals surface area contributed by atoms with Crippen LogP contribution in [-0.4, -0.2) is 54.6 Å². The van der Waals surface area contributed by atoms with E-state index in [-0.39, 0.29) is 24.0 Å². The van der Waals surface area contributed by atoms with Gasteiger partial charge in [0.2, 0.25) is 0 Å². The highest BCUT2D eigenvalue weighted by Crippen LogP contribution is 2.28. The van der Waals surface area contributed by atoms with Crippen LogP contribution in [0.4, 0.5) is 0 Å². The standard InChI is InChI=1S/C18H30N4S2.HI/c1-13(22-8-6-17-14(12-22)7-9-24-17)11-20-18(19-2)21-15-4-5-16(10-15)23-3;/h7,9,13,15-16H,4-6,8,10-12H2,1-3H3,(H2,19,20,21);1H. The molecule has 2 N–H and O–H groups in total. The van der Waals surface area contributed by atoms with Gasteiger partial charge in [0.1, 0.15) is 0 Å². The minimum Gasteiger partial charge on any atom is -0.355 e. The number of fused-ring (bicyclic) bond motifs is 1. The Morgan fingerprint density at radius 1 is 1.48 bits per heavy atom. The normalized spacial score (nSPS) is 25.2. The van der Waals surface area contributed by atoms with E-state index in [9.17, 15) is 0 Å². The van der Waals surface area contributed by atoms with Crippen LogP contribution in [0.5, 0.6) is 0 Å². The van der Waals surface area contributed by atoms with E-state index in [4.69, 9.17) is 0 Å². The first-order valence-electron chi connectivity index (χ1n) is 8.99. The monoisotopic (exact) mass is 494 g/mol. The van der Waals surface area contributed by atoms with Crippen molar-refractivity contribution in [2.24, 2.45) is 4.99 Å². The Bertz CT molecular complexity index is 563. The molecule has 4 nitrogen and oxygen atoms in total. The summed E-state index contributed by atoms with van der Waals surface area (Å²) >= 11 is 3.90. The number of nitrogens with one attached hydrogen (secondary N) is 2. The molecule has 7 heteroatoms. The summed E-state index contributed by atoms with van der Waals surface area (Å²) in [5.74, 6) is 0.960. The van der Waals surface area contributed by atoms with Gasteiger partial charge in [-0.15, -0.1) is 35.3 Å². The number of halogens is 1. The molecule has 0 amide bonds. The number of thioether (sulfide) groups is 1. The predicted molar refractivity (Wildman–Crippen MR) is 123 cm³/mol. The molecular weight excluding hydrogens is 463 g/mol. The average Bonchev–Trinajstić information content (AvgIpc) is 3.26. The number of hydrogen-bond donors (Lipinski definition) is 2. The van der Waals surface area contributed by atoms with Crippen molar-refractivity contribution in [1.82, 2.24) is 15.5 Å². The molecule has 3 atom stereocenters. The Morgan fingerprint density at radius 2 is 2.32 bits per heavy atom. The molecule has 0 aromatic carbocycles. The number of hydrogen-bond acceptors (Lipinski definition) is 4. The molecule has 1 aromatic heterocycles. The maximum Gasteiger partial charge on any atom is 0.191 e. The van der Waals surface area contributed by atoms with Gasteiger partial charge < -0.3 is 10.6 Å². The maximum absolute atomic E-state index is 4.42. The van der Waals surface area contributed by atoms with Crippen molar-refractivity contribution < 1.29 is 0 Å². The Kier molecular flexibility index (Phi) is 8.84. The SMILES string of the molecule is CN=C(NCC(C)N1CCc2sccc2C1)NC1CCC(SC)C1.I. The molecular formula is C18H31IN4S2. The lowest BCUT2D eigenvalue weighted by Crippen LogP contribution is -2.48. The van der Waals surface area contributed by atoms with Gasteiger partial charge in [0.15, 0.2) is 5.96 Å². The van der Waals surface area contributed by atoms with Crippen molar-refractivity contribution in [3.63, 3.8) is 0 Å². The highest BCUT2D eigenvalue weighted by Gasteiger charge is 2.25.